The standard InChI is InChI=1S/C3H3F3OS/c4-1-3(5,6)7-2-8/h2H,1H2. The van der Waals surface area contributed by atoms with Crippen LogP contribution in [0, 0.1) is 0 Å². The Balaban J connectivity index is 3.53. The Morgan fingerprint density at radius 1 is 1.62 bits per heavy atom. The molecule has 5 heteroatoms. The molecule has 0 aliphatic heterocycles. The molecule has 0 saturated heterocycles. The summed E-state index contributed by atoms with van der Waals surface area (Å²) in [6.45, 7) is -1.85. The van der Waals surface area contributed by atoms with Crippen molar-refractivity contribution in [3.63, 3.8) is 0 Å². The number of rotatable bonds is 3. The van der Waals surface area contributed by atoms with Crippen LogP contribution in [-0.4, -0.2) is 18.3 Å². The van der Waals surface area contributed by atoms with Gasteiger partial charge in [0.15, 0.2) is 12.2 Å². The lowest BCUT2D eigenvalue weighted by molar-refractivity contribution is -0.190. The fourth-order valence-corrected chi connectivity index (χ4v) is 0.243. The summed E-state index contributed by atoms with van der Waals surface area (Å²) in [4.78, 5) is 0. The largest absolute Gasteiger partial charge is 0.427 e. The van der Waals surface area contributed by atoms with Crippen LogP contribution in [0.2, 0.25) is 0 Å². The van der Waals surface area contributed by atoms with Crippen LogP contribution in [0.15, 0.2) is 0 Å². The molecule has 0 spiro atoms. The fraction of sp³-hybridized carbons (Fsp3) is 0.667. The second kappa shape index (κ2) is 2.86. The predicted molar refractivity (Wildman–Crippen MR) is 25.7 cm³/mol. The normalized spacial score (nSPS) is 10.9. The summed E-state index contributed by atoms with van der Waals surface area (Å²) in [5.41, 5.74) is 0.333. The number of hydrogen-bond acceptors (Lipinski definition) is 2. The predicted octanol–water partition coefficient (Wildman–Crippen LogP) is 1.52. The number of ether oxygens (including phenoxy) is 1. The number of hydrogen-bond donors (Lipinski definition) is 0. The number of thiocarbonyl (C=S) groups is 1. The first kappa shape index (κ1) is 7.68. The average Bonchev–Trinajstić information content (AvgIpc) is 1.67. The van der Waals surface area contributed by atoms with Crippen molar-refractivity contribution in [2.24, 2.45) is 0 Å². The monoisotopic (exact) mass is 144 g/mol. The molecule has 0 atom stereocenters. The first-order valence-electron chi connectivity index (χ1n) is 1.67. The van der Waals surface area contributed by atoms with Crippen LogP contribution in [0.25, 0.3) is 0 Å². The van der Waals surface area contributed by atoms with Crippen LogP contribution < -0.4 is 0 Å². The molecule has 0 aromatic heterocycles. The molecule has 1 nitrogen and oxygen atoms in total. The van der Waals surface area contributed by atoms with Crippen LogP contribution >= 0.6 is 12.2 Å². The number of halogens is 3. The highest BCUT2D eigenvalue weighted by Crippen LogP contribution is 2.13. The quantitative estimate of drug-likeness (QED) is 0.555. The van der Waals surface area contributed by atoms with Gasteiger partial charge >= 0.3 is 6.11 Å². The summed E-state index contributed by atoms with van der Waals surface area (Å²) in [6, 6.07) is 0. The van der Waals surface area contributed by atoms with E-state index in [0.717, 1.165) is 0 Å². The van der Waals surface area contributed by atoms with Crippen molar-refractivity contribution in [1.82, 2.24) is 0 Å². The van der Waals surface area contributed by atoms with Gasteiger partial charge in [0, 0.05) is 0 Å². The minimum atomic E-state index is -3.73. The van der Waals surface area contributed by atoms with Gasteiger partial charge in [-0.25, -0.2) is 4.39 Å². The van der Waals surface area contributed by atoms with Gasteiger partial charge in [-0.1, -0.05) is 0 Å². The summed E-state index contributed by atoms with van der Waals surface area (Å²) in [5, 5.41) is 0. The number of alkyl halides is 3. The maximum Gasteiger partial charge on any atom is 0.427 e. The topological polar surface area (TPSA) is 9.23 Å². The highest BCUT2D eigenvalue weighted by molar-refractivity contribution is 7.78. The molecule has 0 fully saturated rings. The zero-order chi connectivity index (χ0) is 6.62. The van der Waals surface area contributed by atoms with E-state index in [1.807, 2.05) is 0 Å². The van der Waals surface area contributed by atoms with Gasteiger partial charge in [-0.3, -0.25) is 0 Å². The van der Waals surface area contributed by atoms with Gasteiger partial charge in [0.2, 0.25) is 0 Å². The second-order valence-electron chi connectivity index (χ2n) is 0.985. The molecule has 0 aromatic rings. The molecule has 0 unspecified atom stereocenters. The lowest BCUT2D eigenvalue weighted by Crippen LogP contribution is -2.21. The lowest BCUT2D eigenvalue weighted by atomic mass is 10.7. The van der Waals surface area contributed by atoms with Crippen LogP contribution in [0.5, 0.6) is 0 Å². The molecule has 0 heterocycles. The Hall–Kier alpha value is -0.320. The molecule has 0 saturated carbocycles. The molecule has 0 aromatic carbocycles. The molecule has 0 amide bonds. The first-order valence-corrected chi connectivity index (χ1v) is 2.15. The van der Waals surface area contributed by atoms with E-state index in [4.69, 9.17) is 0 Å². The SMILES string of the molecule is FCC(F)(F)OC=S. The van der Waals surface area contributed by atoms with E-state index in [1.165, 1.54) is 0 Å². The minimum absolute atomic E-state index is 0.333. The van der Waals surface area contributed by atoms with Crippen molar-refractivity contribution in [3.8, 4) is 0 Å². The molecule has 0 rings (SSSR count). The van der Waals surface area contributed by atoms with Crippen molar-refractivity contribution in [2.75, 3.05) is 6.67 Å². The van der Waals surface area contributed by atoms with E-state index in [2.05, 4.69) is 17.0 Å². The van der Waals surface area contributed by atoms with Gasteiger partial charge in [-0.05, 0) is 12.2 Å². The van der Waals surface area contributed by atoms with Gasteiger partial charge < -0.3 is 4.74 Å². The van der Waals surface area contributed by atoms with E-state index in [9.17, 15) is 13.2 Å². The summed E-state index contributed by atoms with van der Waals surface area (Å²) in [5.74, 6) is 0. The zero-order valence-electron chi connectivity index (χ0n) is 3.73. The van der Waals surface area contributed by atoms with E-state index in [0.29, 0.717) is 5.55 Å². The first-order chi connectivity index (χ1) is 3.62. The highest BCUT2D eigenvalue weighted by atomic mass is 32.1. The Bertz CT molecular complexity index is 84.6. The summed E-state index contributed by atoms with van der Waals surface area (Å²) in [7, 11) is 0. The van der Waals surface area contributed by atoms with Crippen LogP contribution in [-0.2, 0) is 4.74 Å². The van der Waals surface area contributed by atoms with E-state index >= 15 is 0 Å². The summed E-state index contributed by atoms with van der Waals surface area (Å²) in [6.07, 6.45) is -3.73. The van der Waals surface area contributed by atoms with E-state index in [1.54, 1.807) is 0 Å². The van der Waals surface area contributed by atoms with E-state index < -0.39 is 12.8 Å². The maximum atomic E-state index is 11.5. The van der Waals surface area contributed by atoms with Crippen LogP contribution in [0.4, 0.5) is 13.2 Å². The van der Waals surface area contributed by atoms with Crippen molar-refractivity contribution in [1.29, 1.82) is 0 Å². The molecule has 0 aliphatic rings. The lowest BCUT2D eigenvalue weighted by Gasteiger charge is -2.07. The van der Waals surface area contributed by atoms with E-state index in [-0.39, 0.29) is 0 Å². The Morgan fingerprint density at radius 3 is 2.25 bits per heavy atom. The van der Waals surface area contributed by atoms with Crippen molar-refractivity contribution in [3.05, 3.63) is 0 Å². The summed E-state index contributed by atoms with van der Waals surface area (Å²) < 4.78 is 37.3. The molecule has 0 bridgehead atoms. The van der Waals surface area contributed by atoms with Gasteiger partial charge in [0.1, 0.15) is 0 Å². The molecule has 0 radical (unpaired) electrons. The smallest absolute Gasteiger partial charge is 0.427 e. The third-order valence-electron chi connectivity index (χ3n) is 0.376. The third-order valence-corrected chi connectivity index (χ3v) is 0.472. The molecule has 48 valence electrons. The average molecular weight is 144 g/mol. The van der Waals surface area contributed by atoms with Gasteiger partial charge in [0.05, 0.1) is 0 Å². The van der Waals surface area contributed by atoms with Crippen molar-refractivity contribution >= 4 is 17.8 Å². The fourth-order valence-electron chi connectivity index (χ4n) is 0.102. The Kier molecular flexibility index (Phi) is 2.75. The molecular formula is C3H3F3OS. The van der Waals surface area contributed by atoms with Crippen molar-refractivity contribution < 1.29 is 17.9 Å². The zero-order valence-corrected chi connectivity index (χ0v) is 4.55. The third kappa shape index (κ3) is 2.79. The molecular weight excluding hydrogens is 141 g/mol. The van der Waals surface area contributed by atoms with Gasteiger partial charge in [-0.2, -0.15) is 8.78 Å². The molecule has 0 aliphatic carbocycles. The Morgan fingerprint density at radius 2 is 2.12 bits per heavy atom. The van der Waals surface area contributed by atoms with Crippen LogP contribution in [0.3, 0.4) is 0 Å². The minimum Gasteiger partial charge on any atom is -0.427 e. The highest BCUT2D eigenvalue weighted by Gasteiger charge is 2.29. The maximum absolute atomic E-state index is 11.5. The Labute approximate surface area is 49.4 Å². The molecule has 0 N–H and O–H groups in total. The summed E-state index contributed by atoms with van der Waals surface area (Å²) >= 11 is 3.87. The second-order valence-corrected chi connectivity index (χ2v) is 1.18. The molecule has 8 heavy (non-hydrogen) atoms. The van der Waals surface area contributed by atoms with Crippen molar-refractivity contribution in [2.45, 2.75) is 6.11 Å². The van der Waals surface area contributed by atoms with Gasteiger partial charge in [0.25, 0.3) is 0 Å². The van der Waals surface area contributed by atoms with Gasteiger partial charge in [-0.15, -0.1) is 0 Å². The van der Waals surface area contributed by atoms with Crippen LogP contribution in [0.1, 0.15) is 0 Å².